The van der Waals surface area contributed by atoms with Crippen molar-refractivity contribution in [3.8, 4) is 0 Å². The number of fused-ring (bicyclic) bond motifs is 1. The summed E-state index contributed by atoms with van der Waals surface area (Å²) in [6.45, 7) is 0.791. The molecule has 1 aliphatic rings. The van der Waals surface area contributed by atoms with Gasteiger partial charge in [-0.3, -0.25) is 9.59 Å². The minimum Gasteiger partial charge on any atom is -0.481 e. The number of carbonyl (C=O) groups is 2. The predicted molar refractivity (Wildman–Crippen MR) is 130 cm³/mol. The molecule has 3 aromatic heterocycles. The Kier molecular flexibility index (Phi) is 7.84. The first kappa shape index (κ1) is 23.8. The molecule has 1 fully saturated rings. The maximum Gasteiger partial charge on any atom is 0.303 e. The molecule has 0 spiro atoms. The molecule has 0 atom stereocenters. The van der Waals surface area contributed by atoms with Crippen LogP contribution in [0.4, 0.5) is 11.8 Å². The number of carboxylic acids is 1. The number of rotatable bonds is 10. The number of aliphatic carboxylic acids is 1. The van der Waals surface area contributed by atoms with Crippen molar-refractivity contribution in [3.63, 3.8) is 0 Å². The molecule has 3 aromatic rings. The van der Waals surface area contributed by atoms with Crippen LogP contribution in [-0.4, -0.2) is 49.4 Å². The Morgan fingerprint density at radius 3 is 2.53 bits per heavy atom. The summed E-state index contributed by atoms with van der Waals surface area (Å²) in [6.07, 6.45) is 9.19. The van der Waals surface area contributed by atoms with E-state index in [0.29, 0.717) is 34.1 Å². The first-order valence-corrected chi connectivity index (χ1v) is 11.8. The lowest BCUT2D eigenvalue weighted by atomic mass is 9.86. The lowest BCUT2D eigenvalue weighted by Gasteiger charge is -2.29. The molecule has 0 amide bonds. The Bertz CT molecular complexity index is 1150. The molecule has 3 heterocycles. The lowest BCUT2D eigenvalue weighted by Crippen LogP contribution is -2.29. The van der Waals surface area contributed by atoms with Gasteiger partial charge >= 0.3 is 5.97 Å². The fourth-order valence-corrected chi connectivity index (χ4v) is 4.36. The molecule has 0 aromatic carbocycles. The predicted octanol–water partition coefficient (Wildman–Crippen LogP) is 4.13. The quantitative estimate of drug-likeness (QED) is 0.365. The summed E-state index contributed by atoms with van der Waals surface area (Å²) in [7, 11) is 0. The van der Waals surface area contributed by atoms with E-state index in [1.807, 2.05) is 18.2 Å². The minimum absolute atomic E-state index is 0.0226. The second-order valence-corrected chi connectivity index (χ2v) is 8.99. The van der Waals surface area contributed by atoms with Crippen molar-refractivity contribution in [2.75, 3.05) is 17.2 Å². The van der Waals surface area contributed by atoms with Crippen molar-refractivity contribution in [2.45, 2.75) is 51.0 Å². The van der Waals surface area contributed by atoms with Crippen LogP contribution in [0.15, 0.2) is 36.8 Å². The fourth-order valence-electron chi connectivity index (χ4n) is 4.15. The average Bonchev–Trinajstić information content (AvgIpc) is 2.84. The molecule has 9 nitrogen and oxygen atoms in total. The van der Waals surface area contributed by atoms with Crippen LogP contribution in [-0.2, 0) is 16.0 Å². The molecule has 178 valence electrons. The van der Waals surface area contributed by atoms with E-state index in [0.717, 1.165) is 43.4 Å². The second kappa shape index (κ2) is 11.2. The van der Waals surface area contributed by atoms with Crippen molar-refractivity contribution >= 4 is 46.0 Å². The van der Waals surface area contributed by atoms with Crippen molar-refractivity contribution in [3.05, 3.63) is 47.5 Å². The van der Waals surface area contributed by atoms with E-state index in [9.17, 15) is 9.59 Å². The van der Waals surface area contributed by atoms with Gasteiger partial charge in [0, 0.05) is 49.4 Å². The zero-order valence-electron chi connectivity index (χ0n) is 18.7. The summed E-state index contributed by atoms with van der Waals surface area (Å²) in [5.74, 6) is 0.784. The third-order valence-electron chi connectivity index (χ3n) is 6.04. The molecule has 1 saturated carbocycles. The van der Waals surface area contributed by atoms with E-state index < -0.39 is 5.97 Å². The number of carboxylic acid groups (broad SMARTS) is 1. The van der Waals surface area contributed by atoms with Gasteiger partial charge in [0.15, 0.2) is 5.15 Å². The van der Waals surface area contributed by atoms with E-state index >= 15 is 0 Å². The summed E-state index contributed by atoms with van der Waals surface area (Å²) in [6, 6.07) is 6.25. The highest BCUT2D eigenvalue weighted by Gasteiger charge is 2.21. The maximum atomic E-state index is 11.8. The summed E-state index contributed by atoms with van der Waals surface area (Å²) in [5.41, 5.74) is 1.40. The van der Waals surface area contributed by atoms with Crippen LogP contribution in [0.2, 0.25) is 5.15 Å². The largest absolute Gasteiger partial charge is 0.481 e. The molecule has 34 heavy (non-hydrogen) atoms. The zero-order valence-corrected chi connectivity index (χ0v) is 19.5. The summed E-state index contributed by atoms with van der Waals surface area (Å²) in [4.78, 5) is 39.7. The van der Waals surface area contributed by atoms with Crippen LogP contribution in [0.3, 0.4) is 0 Å². The lowest BCUT2D eigenvalue weighted by molar-refractivity contribution is -0.138. The Hall–Kier alpha value is -3.33. The van der Waals surface area contributed by atoms with Gasteiger partial charge in [0.05, 0.1) is 6.42 Å². The highest BCUT2D eigenvalue weighted by Crippen LogP contribution is 2.27. The molecule has 1 aliphatic carbocycles. The van der Waals surface area contributed by atoms with E-state index in [2.05, 4.69) is 30.6 Å². The van der Waals surface area contributed by atoms with Crippen molar-refractivity contribution in [2.24, 2.45) is 5.92 Å². The Labute approximate surface area is 202 Å². The zero-order chi connectivity index (χ0) is 23.9. The number of hydrogen-bond donors (Lipinski definition) is 3. The number of carbonyl (C=O) groups excluding carboxylic acids is 1. The van der Waals surface area contributed by atoms with Gasteiger partial charge < -0.3 is 15.7 Å². The number of ketones is 1. The summed E-state index contributed by atoms with van der Waals surface area (Å²) in [5, 5.41) is 16.9. The van der Waals surface area contributed by atoms with Gasteiger partial charge in [-0.1, -0.05) is 11.6 Å². The maximum absolute atomic E-state index is 11.8. The third kappa shape index (κ3) is 6.60. The molecule has 3 N–H and O–H groups in total. The Morgan fingerprint density at radius 2 is 1.79 bits per heavy atom. The van der Waals surface area contributed by atoms with Gasteiger partial charge in [-0.25, -0.2) is 19.9 Å². The molecule has 0 saturated heterocycles. The van der Waals surface area contributed by atoms with Crippen LogP contribution in [0.5, 0.6) is 0 Å². The number of pyridine rings is 2. The van der Waals surface area contributed by atoms with Gasteiger partial charge in [-0.2, -0.15) is 0 Å². The van der Waals surface area contributed by atoms with Gasteiger partial charge in [-0.15, -0.1) is 0 Å². The fraction of sp³-hybridized carbons (Fsp3) is 0.417. The molecule has 4 rings (SSSR count). The van der Waals surface area contributed by atoms with Crippen LogP contribution in [0.1, 0.15) is 44.1 Å². The number of nitrogens with one attached hydrogen (secondary N) is 2. The number of Topliss-reactive ketones (excluding diaryl/α,β-unsaturated/α-hetero) is 1. The third-order valence-corrected chi connectivity index (χ3v) is 6.31. The molecule has 0 bridgehead atoms. The first-order valence-electron chi connectivity index (χ1n) is 11.4. The molecule has 0 radical (unpaired) electrons. The van der Waals surface area contributed by atoms with Gasteiger partial charge in [0.2, 0.25) is 5.95 Å². The second-order valence-electron chi connectivity index (χ2n) is 8.64. The highest BCUT2D eigenvalue weighted by molar-refractivity contribution is 6.33. The van der Waals surface area contributed by atoms with Crippen LogP contribution >= 0.6 is 11.6 Å². The normalized spacial score (nSPS) is 17.9. The standard InChI is InChI=1S/C24H27ClN6O3/c25-23-22-17(9-10-26-23)3-7-20(31-22)30-18-4-1-15(2-5-18)12-27-24-28-13-16(14-29-24)11-19(32)6-8-21(33)34/h3,7,9-10,13-15,18H,1-2,4-6,8,11-12H2,(H,30,31)(H,33,34)(H,27,28,29). The number of halogens is 1. The van der Waals surface area contributed by atoms with E-state index in [1.165, 1.54) is 0 Å². The first-order chi connectivity index (χ1) is 16.5. The average molecular weight is 483 g/mol. The molecule has 10 heteroatoms. The molecule has 0 aliphatic heterocycles. The van der Waals surface area contributed by atoms with Gasteiger partial charge in [0.25, 0.3) is 0 Å². The van der Waals surface area contributed by atoms with E-state index in [4.69, 9.17) is 16.7 Å². The Balaban J connectivity index is 1.20. The highest BCUT2D eigenvalue weighted by atomic mass is 35.5. The SMILES string of the molecule is O=C(O)CCC(=O)Cc1cnc(NCC2CCC(Nc3ccc4ccnc(Cl)c4n3)CC2)nc1. The van der Waals surface area contributed by atoms with Crippen molar-refractivity contribution in [1.29, 1.82) is 0 Å². The van der Waals surface area contributed by atoms with Crippen molar-refractivity contribution < 1.29 is 14.7 Å². The number of anilines is 2. The summed E-state index contributed by atoms with van der Waals surface area (Å²) < 4.78 is 0. The Morgan fingerprint density at radius 1 is 1.03 bits per heavy atom. The van der Waals surface area contributed by atoms with Crippen LogP contribution in [0, 0.1) is 5.92 Å². The van der Waals surface area contributed by atoms with E-state index in [-0.39, 0.29) is 25.0 Å². The van der Waals surface area contributed by atoms with Crippen LogP contribution < -0.4 is 10.6 Å². The smallest absolute Gasteiger partial charge is 0.303 e. The van der Waals surface area contributed by atoms with Gasteiger partial charge in [0.1, 0.15) is 17.1 Å². The van der Waals surface area contributed by atoms with Crippen molar-refractivity contribution in [1.82, 2.24) is 19.9 Å². The van der Waals surface area contributed by atoms with Gasteiger partial charge in [-0.05, 0) is 55.4 Å². The monoisotopic (exact) mass is 482 g/mol. The molecular formula is C24H27ClN6O3. The van der Waals surface area contributed by atoms with E-state index in [1.54, 1.807) is 18.6 Å². The number of nitrogens with zero attached hydrogens (tertiary/aromatic N) is 4. The summed E-state index contributed by atoms with van der Waals surface area (Å²) >= 11 is 6.18. The van der Waals surface area contributed by atoms with Crippen LogP contribution in [0.25, 0.3) is 10.9 Å². The molecular weight excluding hydrogens is 456 g/mol. The minimum atomic E-state index is -0.971. The topological polar surface area (TPSA) is 130 Å². The molecule has 0 unspecified atom stereocenters. The number of hydrogen-bond acceptors (Lipinski definition) is 8. The number of aromatic nitrogens is 4.